The second-order valence-corrected chi connectivity index (χ2v) is 7.43. The highest BCUT2D eigenvalue weighted by molar-refractivity contribution is 7.14. The Labute approximate surface area is 166 Å². The third-order valence-corrected chi connectivity index (χ3v) is 5.11. The van der Waals surface area contributed by atoms with E-state index in [1.165, 1.54) is 11.3 Å². The fourth-order valence-corrected chi connectivity index (χ4v) is 3.72. The molecule has 28 heavy (non-hydrogen) atoms. The average molecular weight is 392 g/mol. The maximum atomic E-state index is 12.2. The summed E-state index contributed by atoms with van der Waals surface area (Å²) in [6.07, 6.45) is 2.67. The molecule has 0 spiro atoms. The highest BCUT2D eigenvalue weighted by Crippen LogP contribution is 2.25. The highest BCUT2D eigenvalue weighted by Gasteiger charge is 2.10. The smallest absolute Gasteiger partial charge is 0.226 e. The molecular formula is C21H20N4O2S. The Hall–Kier alpha value is -3.19. The quantitative estimate of drug-likeness (QED) is 0.513. The summed E-state index contributed by atoms with van der Waals surface area (Å²) in [7, 11) is 0. The van der Waals surface area contributed by atoms with Crippen LogP contribution in [0.2, 0.25) is 0 Å². The largest absolute Gasteiger partial charge is 0.463 e. The van der Waals surface area contributed by atoms with Gasteiger partial charge in [0.05, 0.1) is 17.6 Å². The van der Waals surface area contributed by atoms with Crippen LogP contribution in [-0.2, 0) is 11.2 Å². The number of benzene rings is 1. The van der Waals surface area contributed by atoms with E-state index in [0.29, 0.717) is 23.7 Å². The van der Waals surface area contributed by atoms with Gasteiger partial charge in [0.2, 0.25) is 5.91 Å². The van der Waals surface area contributed by atoms with Crippen LogP contribution in [0.25, 0.3) is 17.1 Å². The van der Waals surface area contributed by atoms with Crippen molar-refractivity contribution < 1.29 is 9.21 Å². The van der Waals surface area contributed by atoms with Crippen LogP contribution in [0.5, 0.6) is 0 Å². The minimum atomic E-state index is -0.0528. The molecule has 0 radical (unpaired) electrons. The molecule has 3 heterocycles. The van der Waals surface area contributed by atoms with Crippen molar-refractivity contribution in [1.29, 1.82) is 0 Å². The van der Waals surface area contributed by atoms with Gasteiger partial charge >= 0.3 is 0 Å². The van der Waals surface area contributed by atoms with Crippen molar-refractivity contribution in [2.45, 2.75) is 26.7 Å². The first kappa shape index (κ1) is 18.2. The van der Waals surface area contributed by atoms with E-state index in [1.807, 2.05) is 66.4 Å². The standard InChI is InChI=1S/C21H20N4O2S/c1-14-12-15(2)25(24-14)17-8-5-16(6-9-17)7-10-20(26)23-21-22-18(13-28-21)19-4-3-11-27-19/h3-6,8-9,11-13H,7,10H2,1-2H3,(H,22,23,26). The molecule has 0 atom stereocenters. The summed E-state index contributed by atoms with van der Waals surface area (Å²) < 4.78 is 7.24. The molecule has 0 aliphatic heterocycles. The number of thiazole rings is 1. The van der Waals surface area contributed by atoms with Crippen molar-refractivity contribution >= 4 is 22.4 Å². The topological polar surface area (TPSA) is 73.0 Å². The third-order valence-electron chi connectivity index (χ3n) is 4.36. The summed E-state index contributed by atoms with van der Waals surface area (Å²) in [5.41, 5.74) is 4.95. The fourth-order valence-electron chi connectivity index (χ4n) is 3.00. The number of hydrogen-bond acceptors (Lipinski definition) is 5. The summed E-state index contributed by atoms with van der Waals surface area (Å²) in [6, 6.07) is 13.8. The van der Waals surface area contributed by atoms with Crippen LogP contribution >= 0.6 is 11.3 Å². The number of amides is 1. The first-order valence-corrected chi connectivity index (χ1v) is 9.88. The van der Waals surface area contributed by atoms with Crippen molar-refractivity contribution in [3.63, 3.8) is 0 Å². The molecule has 6 nitrogen and oxygen atoms in total. The molecule has 0 aliphatic rings. The van der Waals surface area contributed by atoms with E-state index >= 15 is 0 Å². The minimum absolute atomic E-state index is 0.0528. The number of rotatable bonds is 6. The zero-order chi connectivity index (χ0) is 19.5. The Morgan fingerprint density at radius 1 is 1.21 bits per heavy atom. The summed E-state index contributed by atoms with van der Waals surface area (Å²) in [6.45, 7) is 4.02. The molecule has 0 saturated carbocycles. The molecule has 1 N–H and O–H groups in total. The van der Waals surface area contributed by atoms with Gasteiger partial charge in [-0.25, -0.2) is 9.67 Å². The molecule has 0 fully saturated rings. The molecule has 0 aliphatic carbocycles. The maximum Gasteiger partial charge on any atom is 0.226 e. The molecule has 1 amide bonds. The van der Waals surface area contributed by atoms with Crippen molar-refractivity contribution in [3.05, 3.63) is 71.1 Å². The number of nitrogens with zero attached hydrogens (tertiary/aromatic N) is 3. The van der Waals surface area contributed by atoms with Crippen molar-refractivity contribution in [1.82, 2.24) is 14.8 Å². The molecule has 142 valence electrons. The Morgan fingerprint density at radius 2 is 2.04 bits per heavy atom. The van der Waals surface area contributed by atoms with Crippen LogP contribution in [0, 0.1) is 13.8 Å². The van der Waals surface area contributed by atoms with E-state index in [9.17, 15) is 4.79 Å². The molecule has 0 bridgehead atoms. The number of carbonyl (C=O) groups is 1. The number of anilines is 1. The molecule has 3 aromatic heterocycles. The van der Waals surface area contributed by atoms with E-state index < -0.39 is 0 Å². The zero-order valence-electron chi connectivity index (χ0n) is 15.7. The Balaban J connectivity index is 1.33. The monoisotopic (exact) mass is 392 g/mol. The molecule has 0 saturated heterocycles. The van der Waals surface area contributed by atoms with Crippen molar-refractivity contribution in [2.75, 3.05) is 5.32 Å². The predicted molar refractivity (Wildman–Crippen MR) is 110 cm³/mol. The lowest BCUT2D eigenvalue weighted by Crippen LogP contribution is -2.12. The van der Waals surface area contributed by atoms with Gasteiger partial charge in [-0.05, 0) is 56.2 Å². The summed E-state index contributed by atoms with van der Waals surface area (Å²) in [5.74, 6) is 0.641. The number of aryl methyl sites for hydroxylation is 3. The molecule has 4 rings (SSSR count). The lowest BCUT2D eigenvalue weighted by atomic mass is 10.1. The van der Waals surface area contributed by atoms with Crippen molar-refractivity contribution in [2.24, 2.45) is 0 Å². The van der Waals surface area contributed by atoms with Gasteiger partial charge in [-0.2, -0.15) is 5.10 Å². The maximum absolute atomic E-state index is 12.2. The van der Waals surface area contributed by atoms with Crippen LogP contribution < -0.4 is 5.32 Å². The number of carbonyl (C=O) groups excluding carboxylic acids is 1. The van der Waals surface area contributed by atoms with Crippen LogP contribution in [0.3, 0.4) is 0 Å². The van der Waals surface area contributed by atoms with Gasteiger partial charge in [-0.15, -0.1) is 11.3 Å². The molecule has 0 unspecified atom stereocenters. The normalized spacial score (nSPS) is 10.9. The van der Waals surface area contributed by atoms with Gasteiger partial charge in [0, 0.05) is 17.5 Å². The molecule has 4 aromatic rings. The number of aromatic nitrogens is 3. The van der Waals surface area contributed by atoms with E-state index in [2.05, 4.69) is 15.4 Å². The number of nitrogens with one attached hydrogen (secondary N) is 1. The summed E-state index contributed by atoms with van der Waals surface area (Å²) in [5, 5.41) is 9.79. The van der Waals surface area contributed by atoms with Gasteiger partial charge in [0.25, 0.3) is 0 Å². The van der Waals surface area contributed by atoms with E-state index in [-0.39, 0.29) is 5.91 Å². The Morgan fingerprint density at radius 3 is 2.71 bits per heavy atom. The minimum Gasteiger partial charge on any atom is -0.463 e. The van der Waals surface area contributed by atoms with Gasteiger partial charge < -0.3 is 9.73 Å². The SMILES string of the molecule is Cc1cc(C)n(-c2ccc(CCC(=O)Nc3nc(-c4ccco4)cs3)cc2)n1. The van der Waals surface area contributed by atoms with Gasteiger partial charge in [-0.3, -0.25) is 4.79 Å². The molecular weight excluding hydrogens is 372 g/mol. The van der Waals surface area contributed by atoms with E-state index in [0.717, 1.165) is 28.3 Å². The lowest BCUT2D eigenvalue weighted by molar-refractivity contribution is -0.116. The second kappa shape index (κ2) is 7.82. The Kier molecular flexibility index (Phi) is 5.08. The van der Waals surface area contributed by atoms with Crippen molar-refractivity contribution in [3.8, 4) is 17.1 Å². The van der Waals surface area contributed by atoms with E-state index in [4.69, 9.17) is 4.42 Å². The van der Waals surface area contributed by atoms with E-state index in [1.54, 1.807) is 6.26 Å². The summed E-state index contributed by atoms with van der Waals surface area (Å²) in [4.78, 5) is 16.6. The first-order valence-electron chi connectivity index (χ1n) is 9.00. The molecule has 7 heteroatoms. The van der Waals surface area contributed by atoms with Gasteiger partial charge in [-0.1, -0.05) is 12.1 Å². The number of furan rings is 1. The molecule has 1 aromatic carbocycles. The predicted octanol–water partition coefficient (Wildman–Crippen LogP) is 4.78. The van der Waals surface area contributed by atoms with Crippen LogP contribution in [0.4, 0.5) is 5.13 Å². The third kappa shape index (κ3) is 4.04. The van der Waals surface area contributed by atoms with Crippen LogP contribution in [-0.4, -0.2) is 20.7 Å². The second-order valence-electron chi connectivity index (χ2n) is 6.57. The zero-order valence-corrected chi connectivity index (χ0v) is 16.5. The number of hydrogen-bond donors (Lipinski definition) is 1. The average Bonchev–Trinajstić information content (AvgIpc) is 3.42. The Bertz CT molecular complexity index is 1080. The fraction of sp³-hybridized carbons (Fsp3) is 0.190. The van der Waals surface area contributed by atoms with Crippen LogP contribution in [0.1, 0.15) is 23.4 Å². The first-order chi connectivity index (χ1) is 13.6. The highest BCUT2D eigenvalue weighted by atomic mass is 32.1. The van der Waals surface area contributed by atoms with Gasteiger partial charge in [0.15, 0.2) is 10.9 Å². The summed E-state index contributed by atoms with van der Waals surface area (Å²) >= 11 is 1.39. The van der Waals surface area contributed by atoms with Gasteiger partial charge in [0.1, 0.15) is 5.69 Å². The van der Waals surface area contributed by atoms with Crippen LogP contribution in [0.15, 0.2) is 58.5 Å². The lowest BCUT2D eigenvalue weighted by Gasteiger charge is -2.06.